The summed E-state index contributed by atoms with van der Waals surface area (Å²) >= 11 is 0. The highest BCUT2D eigenvalue weighted by atomic mass is 31.1. The summed E-state index contributed by atoms with van der Waals surface area (Å²) in [6.07, 6.45) is 0. The Bertz CT molecular complexity index is 667. The first-order valence-corrected chi connectivity index (χ1v) is 6.41. The average molecular weight is 288 g/mol. The fourth-order valence-electron chi connectivity index (χ4n) is 1.57. The van der Waals surface area contributed by atoms with Gasteiger partial charge in [0, 0.05) is 0 Å². The van der Waals surface area contributed by atoms with Crippen molar-refractivity contribution in [1.82, 2.24) is 0 Å². The lowest BCUT2D eigenvalue weighted by Crippen LogP contribution is -2.14. The summed E-state index contributed by atoms with van der Waals surface area (Å²) in [6, 6.07) is 12.3. The van der Waals surface area contributed by atoms with Crippen molar-refractivity contribution >= 4 is 25.7 Å². The van der Waals surface area contributed by atoms with E-state index in [0.29, 0.717) is 5.75 Å². The van der Waals surface area contributed by atoms with E-state index < -0.39 is 20.4 Å². The van der Waals surface area contributed by atoms with Gasteiger partial charge in [0.1, 0.15) is 5.75 Å². The van der Waals surface area contributed by atoms with Gasteiger partial charge >= 0.3 is 11.9 Å². The summed E-state index contributed by atoms with van der Waals surface area (Å²) in [5.41, 5.74) is -0.108. The third kappa shape index (κ3) is 3.08. The normalized spacial score (nSPS) is 10.2. The van der Waals surface area contributed by atoms with Gasteiger partial charge in [-0.25, -0.2) is 9.59 Å². The van der Waals surface area contributed by atoms with Crippen molar-refractivity contribution in [2.75, 3.05) is 0 Å². The standard InChI is InChI=1S/C14H9O5P/c15-13(16)11-8-9(6-7-12(11)20-18)14(17)19-10-4-2-1-3-5-10/h1-8H,(H,15,16). The molecule has 0 aliphatic carbocycles. The molecule has 0 atom stereocenters. The molecular weight excluding hydrogens is 279 g/mol. The zero-order valence-corrected chi connectivity index (χ0v) is 11.0. The molecule has 5 nitrogen and oxygen atoms in total. The number of hydrogen-bond donors (Lipinski definition) is 1. The second kappa shape index (κ2) is 6.08. The number of hydrogen-bond acceptors (Lipinski definition) is 4. The second-order valence-electron chi connectivity index (χ2n) is 3.83. The number of esters is 1. The zero-order chi connectivity index (χ0) is 14.5. The third-order valence-electron chi connectivity index (χ3n) is 2.51. The second-order valence-corrected chi connectivity index (χ2v) is 4.50. The minimum Gasteiger partial charge on any atom is -0.478 e. The van der Waals surface area contributed by atoms with Crippen molar-refractivity contribution in [3.05, 3.63) is 59.7 Å². The van der Waals surface area contributed by atoms with E-state index in [-0.39, 0.29) is 16.4 Å². The third-order valence-corrected chi connectivity index (χ3v) is 3.10. The number of carboxylic acid groups (broad SMARTS) is 1. The Morgan fingerprint density at radius 2 is 1.75 bits per heavy atom. The van der Waals surface area contributed by atoms with E-state index in [9.17, 15) is 14.2 Å². The Morgan fingerprint density at radius 1 is 1.05 bits per heavy atom. The highest BCUT2D eigenvalue weighted by molar-refractivity contribution is 7.34. The van der Waals surface area contributed by atoms with E-state index in [1.54, 1.807) is 30.3 Å². The smallest absolute Gasteiger partial charge is 0.343 e. The molecule has 0 aromatic heterocycles. The van der Waals surface area contributed by atoms with Crippen LogP contribution < -0.4 is 10.0 Å². The van der Waals surface area contributed by atoms with Crippen molar-refractivity contribution in [3.63, 3.8) is 0 Å². The molecule has 0 saturated carbocycles. The minimum atomic E-state index is -1.25. The van der Waals surface area contributed by atoms with Gasteiger partial charge in [0.2, 0.25) is 0 Å². The van der Waals surface area contributed by atoms with Gasteiger partial charge in [-0.1, -0.05) is 18.2 Å². The minimum absolute atomic E-state index is 0.0821. The molecule has 20 heavy (non-hydrogen) atoms. The Balaban J connectivity index is 2.29. The van der Waals surface area contributed by atoms with Gasteiger partial charge < -0.3 is 9.84 Å². The summed E-state index contributed by atoms with van der Waals surface area (Å²) in [4.78, 5) is 22.9. The molecule has 2 rings (SSSR count). The molecule has 0 amide bonds. The molecule has 0 aliphatic rings. The maximum atomic E-state index is 11.9. The van der Waals surface area contributed by atoms with Crippen LogP contribution in [0.4, 0.5) is 0 Å². The molecule has 0 fully saturated rings. The van der Waals surface area contributed by atoms with Crippen molar-refractivity contribution in [2.45, 2.75) is 0 Å². The number of carboxylic acids is 1. The van der Waals surface area contributed by atoms with Gasteiger partial charge in [-0.2, -0.15) is 0 Å². The van der Waals surface area contributed by atoms with Gasteiger partial charge in [0.15, 0.2) is 8.46 Å². The molecule has 0 spiro atoms. The number of carbonyl (C=O) groups excluding carboxylic acids is 1. The molecule has 1 N–H and O–H groups in total. The van der Waals surface area contributed by atoms with Gasteiger partial charge in [-0.15, -0.1) is 0 Å². The molecule has 6 heteroatoms. The first-order valence-electron chi connectivity index (χ1n) is 5.60. The van der Waals surface area contributed by atoms with Gasteiger partial charge in [-0.3, -0.25) is 4.57 Å². The molecule has 0 bridgehead atoms. The molecule has 0 heterocycles. The van der Waals surface area contributed by atoms with E-state index in [1.807, 2.05) is 0 Å². The average Bonchev–Trinajstić information content (AvgIpc) is 2.47. The number of benzene rings is 2. The van der Waals surface area contributed by atoms with Crippen molar-refractivity contribution in [1.29, 1.82) is 0 Å². The van der Waals surface area contributed by atoms with Crippen molar-refractivity contribution in [2.24, 2.45) is 0 Å². The molecule has 2 aromatic carbocycles. The predicted octanol–water partition coefficient (Wildman–Crippen LogP) is 2.52. The van der Waals surface area contributed by atoms with Crippen LogP contribution in [0.1, 0.15) is 20.7 Å². The lowest BCUT2D eigenvalue weighted by molar-refractivity contribution is 0.0698. The van der Waals surface area contributed by atoms with Crippen LogP contribution in [-0.4, -0.2) is 17.0 Å². The molecule has 0 radical (unpaired) electrons. The number of para-hydroxylation sites is 1. The summed E-state index contributed by atoms with van der Waals surface area (Å²) in [7, 11) is -0.416. The topological polar surface area (TPSA) is 80.7 Å². The van der Waals surface area contributed by atoms with Crippen LogP contribution in [0.2, 0.25) is 0 Å². The monoisotopic (exact) mass is 288 g/mol. The van der Waals surface area contributed by atoms with Gasteiger partial charge in [-0.05, 0) is 30.3 Å². The maximum Gasteiger partial charge on any atom is 0.343 e. The highest BCUT2D eigenvalue weighted by Crippen LogP contribution is 2.14. The van der Waals surface area contributed by atoms with Gasteiger partial charge in [0.05, 0.1) is 16.4 Å². The lowest BCUT2D eigenvalue weighted by Gasteiger charge is -2.05. The Labute approximate surface area is 116 Å². The van der Waals surface area contributed by atoms with E-state index in [2.05, 4.69) is 0 Å². The van der Waals surface area contributed by atoms with Crippen LogP contribution in [-0.2, 0) is 4.57 Å². The largest absolute Gasteiger partial charge is 0.478 e. The summed E-state index contributed by atoms with van der Waals surface area (Å²) in [6.45, 7) is 0. The van der Waals surface area contributed by atoms with Crippen molar-refractivity contribution < 1.29 is 24.0 Å². The fourth-order valence-corrected chi connectivity index (χ4v) is 1.96. The maximum absolute atomic E-state index is 11.9. The van der Waals surface area contributed by atoms with Crippen LogP contribution in [0.3, 0.4) is 0 Å². The summed E-state index contributed by atoms with van der Waals surface area (Å²) in [5, 5.41) is 9.10. The SMILES string of the molecule is O=Pc1ccc(C(=O)Oc2ccccc2)cc1C(=O)O. The lowest BCUT2D eigenvalue weighted by atomic mass is 10.1. The van der Waals surface area contributed by atoms with Crippen molar-refractivity contribution in [3.8, 4) is 5.75 Å². The van der Waals surface area contributed by atoms with E-state index in [0.717, 1.165) is 6.07 Å². The van der Waals surface area contributed by atoms with E-state index in [1.165, 1.54) is 12.1 Å². The van der Waals surface area contributed by atoms with Crippen LogP contribution in [0.15, 0.2) is 48.5 Å². The zero-order valence-electron chi connectivity index (χ0n) is 10.1. The summed E-state index contributed by atoms with van der Waals surface area (Å²) < 4.78 is 15.9. The van der Waals surface area contributed by atoms with Gasteiger partial charge in [0.25, 0.3) is 0 Å². The predicted molar refractivity (Wildman–Crippen MR) is 72.0 cm³/mol. The molecule has 0 unspecified atom stereocenters. The molecule has 2 aromatic rings. The Morgan fingerprint density at radius 3 is 2.35 bits per heavy atom. The van der Waals surface area contributed by atoms with Crippen LogP contribution in [0, 0.1) is 0 Å². The van der Waals surface area contributed by atoms with E-state index in [4.69, 9.17) is 9.84 Å². The molecular formula is C14H9O5P. The number of rotatable bonds is 4. The molecule has 100 valence electrons. The van der Waals surface area contributed by atoms with E-state index >= 15 is 0 Å². The molecule has 0 saturated heterocycles. The quantitative estimate of drug-likeness (QED) is 0.531. The van der Waals surface area contributed by atoms with Crippen LogP contribution in [0.25, 0.3) is 0 Å². The first-order chi connectivity index (χ1) is 9.61. The van der Waals surface area contributed by atoms with Crippen LogP contribution >= 0.6 is 8.46 Å². The number of aromatic carboxylic acids is 1. The number of ether oxygens (including phenoxy) is 1. The first kappa shape index (κ1) is 13.9. The molecule has 0 aliphatic heterocycles. The highest BCUT2D eigenvalue weighted by Gasteiger charge is 2.16. The Hall–Kier alpha value is -2.52. The summed E-state index contributed by atoms with van der Waals surface area (Å²) in [5.74, 6) is -1.56. The van der Waals surface area contributed by atoms with Crippen LogP contribution in [0.5, 0.6) is 5.75 Å². The number of carbonyl (C=O) groups is 2. The fraction of sp³-hybridized carbons (Fsp3) is 0. The Kier molecular flexibility index (Phi) is 4.23.